The number of allylic oxidation sites excluding steroid dienone is 1. The summed E-state index contributed by atoms with van der Waals surface area (Å²) in [5, 5.41) is 0. The molecule has 1 aromatic carbocycles. The lowest BCUT2D eigenvalue weighted by Crippen LogP contribution is -2.31. The lowest BCUT2D eigenvalue weighted by atomic mass is 9.99. The molecule has 0 saturated carbocycles. The van der Waals surface area contributed by atoms with Gasteiger partial charge in [-0.3, -0.25) is 5.84 Å². The Morgan fingerprint density at radius 3 is 2.94 bits per heavy atom. The highest BCUT2D eigenvalue weighted by atomic mass is 79.9. The summed E-state index contributed by atoms with van der Waals surface area (Å²) in [6.45, 7) is 2.85. The third-order valence-electron chi connectivity index (χ3n) is 3.03. The van der Waals surface area contributed by atoms with Gasteiger partial charge in [0.2, 0.25) is 0 Å². The highest BCUT2D eigenvalue weighted by Gasteiger charge is 2.20. The fourth-order valence-corrected chi connectivity index (χ4v) is 2.42. The highest BCUT2D eigenvalue weighted by Crippen LogP contribution is 2.30. The summed E-state index contributed by atoms with van der Waals surface area (Å²) in [5.41, 5.74) is 5.18. The second kappa shape index (κ2) is 5.67. The first-order valence-electron chi connectivity index (χ1n) is 5.78. The summed E-state index contributed by atoms with van der Waals surface area (Å²) in [5.74, 6) is 6.60. The normalized spacial score (nSPS) is 17.2. The van der Waals surface area contributed by atoms with E-state index < -0.39 is 0 Å². The van der Waals surface area contributed by atoms with Crippen molar-refractivity contribution in [2.45, 2.75) is 25.8 Å². The van der Waals surface area contributed by atoms with Crippen LogP contribution in [0.15, 0.2) is 34.5 Å². The maximum absolute atomic E-state index is 5.68. The lowest BCUT2D eigenvalue weighted by Gasteiger charge is -2.25. The van der Waals surface area contributed by atoms with Gasteiger partial charge in [0.15, 0.2) is 0 Å². The van der Waals surface area contributed by atoms with Crippen LogP contribution in [0.4, 0.5) is 0 Å². The third-order valence-corrected chi connectivity index (χ3v) is 3.89. The number of nitrogens with two attached hydrogens (primary N) is 1. The van der Waals surface area contributed by atoms with Gasteiger partial charge < -0.3 is 4.74 Å². The fraction of sp³-hybridized carbons (Fsp3) is 0.385. The molecule has 1 heterocycles. The SMILES string of the molecule is Cc1c(Br)cccc1C(NN)C1=CCCCO1. The summed E-state index contributed by atoms with van der Waals surface area (Å²) in [6.07, 6.45) is 4.26. The summed E-state index contributed by atoms with van der Waals surface area (Å²) in [6, 6.07) is 6.05. The monoisotopic (exact) mass is 296 g/mol. The Balaban J connectivity index is 2.34. The third kappa shape index (κ3) is 2.70. The van der Waals surface area contributed by atoms with Gasteiger partial charge in [-0.05, 0) is 43.0 Å². The molecule has 0 bridgehead atoms. The predicted octanol–water partition coefficient (Wildman–Crippen LogP) is 2.96. The average molecular weight is 297 g/mol. The molecule has 1 atom stereocenters. The zero-order chi connectivity index (χ0) is 12.3. The van der Waals surface area contributed by atoms with Crippen LogP contribution >= 0.6 is 15.9 Å². The highest BCUT2D eigenvalue weighted by molar-refractivity contribution is 9.10. The second-order valence-corrected chi connectivity index (χ2v) is 5.01. The Kier molecular flexibility index (Phi) is 4.20. The number of halogens is 1. The molecular weight excluding hydrogens is 280 g/mol. The number of hydrazine groups is 1. The van der Waals surface area contributed by atoms with Gasteiger partial charge in [0.1, 0.15) is 11.8 Å². The van der Waals surface area contributed by atoms with Crippen LogP contribution in [-0.4, -0.2) is 6.61 Å². The molecule has 4 heteroatoms. The molecular formula is C13H17BrN2O. The van der Waals surface area contributed by atoms with Gasteiger partial charge in [-0.25, -0.2) is 5.43 Å². The molecule has 0 aromatic heterocycles. The molecule has 0 amide bonds. The molecule has 0 fully saturated rings. The van der Waals surface area contributed by atoms with Crippen molar-refractivity contribution >= 4 is 15.9 Å². The molecule has 3 nitrogen and oxygen atoms in total. The van der Waals surface area contributed by atoms with Gasteiger partial charge in [0, 0.05) is 4.47 Å². The number of hydrogen-bond acceptors (Lipinski definition) is 3. The molecule has 1 aliphatic heterocycles. The van der Waals surface area contributed by atoms with Crippen molar-refractivity contribution in [1.82, 2.24) is 5.43 Å². The second-order valence-electron chi connectivity index (χ2n) is 4.15. The molecule has 17 heavy (non-hydrogen) atoms. The van der Waals surface area contributed by atoms with Gasteiger partial charge >= 0.3 is 0 Å². The standard InChI is InChI=1S/C13H17BrN2O/c1-9-10(5-4-6-11(9)14)13(16-15)12-7-2-3-8-17-12/h4-7,13,16H,2-3,8,15H2,1H3. The van der Waals surface area contributed by atoms with Gasteiger partial charge in [0.05, 0.1) is 6.61 Å². The molecule has 1 aliphatic rings. The van der Waals surface area contributed by atoms with E-state index in [1.807, 2.05) is 12.1 Å². The van der Waals surface area contributed by atoms with E-state index in [-0.39, 0.29) is 6.04 Å². The molecule has 92 valence electrons. The lowest BCUT2D eigenvalue weighted by molar-refractivity contribution is 0.167. The summed E-state index contributed by atoms with van der Waals surface area (Å²) < 4.78 is 6.77. The Morgan fingerprint density at radius 1 is 1.47 bits per heavy atom. The van der Waals surface area contributed by atoms with Crippen LogP contribution in [0.3, 0.4) is 0 Å². The first kappa shape index (κ1) is 12.6. The smallest absolute Gasteiger partial charge is 0.115 e. The van der Waals surface area contributed by atoms with Crippen molar-refractivity contribution < 1.29 is 4.74 Å². The van der Waals surface area contributed by atoms with Crippen LogP contribution < -0.4 is 11.3 Å². The zero-order valence-electron chi connectivity index (χ0n) is 9.87. The quantitative estimate of drug-likeness (QED) is 0.666. The van der Waals surface area contributed by atoms with Crippen LogP contribution in [0, 0.1) is 6.92 Å². The van der Waals surface area contributed by atoms with Crippen LogP contribution in [0.1, 0.15) is 30.0 Å². The molecule has 0 aliphatic carbocycles. The predicted molar refractivity (Wildman–Crippen MR) is 72.2 cm³/mol. The minimum absolute atomic E-state index is 0.0622. The Labute approximate surface area is 110 Å². The Hall–Kier alpha value is -0.840. The molecule has 0 saturated heterocycles. The summed E-state index contributed by atoms with van der Waals surface area (Å²) >= 11 is 3.54. The van der Waals surface area contributed by atoms with E-state index in [0.29, 0.717) is 0 Å². The van der Waals surface area contributed by atoms with Crippen molar-refractivity contribution in [3.05, 3.63) is 45.6 Å². The van der Waals surface area contributed by atoms with Crippen LogP contribution in [-0.2, 0) is 4.74 Å². The van der Waals surface area contributed by atoms with Crippen molar-refractivity contribution in [2.24, 2.45) is 5.84 Å². The van der Waals surface area contributed by atoms with E-state index in [1.54, 1.807) is 0 Å². The van der Waals surface area contributed by atoms with Gasteiger partial charge in [0.25, 0.3) is 0 Å². The Morgan fingerprint density at radius 2 is 2.29 bits per heavy atom. The molecule has 2 rings (SSSR count). The first-order valence-corrected chi connectivity index (χ1v) is 6.57. The average Bonchev–Trinajstić information content (AvgIpc) is 2.37. The molecule has 3 N–H and O–H groups in total. The van der Waals surface area contributed by atoms with E-state index in [4.69, 9.17) is 10.6 Å². The maximum atomic E-state index is 5.68. The largest absolute Gasteiger partial charge is 0.496 e. The number of benzene rings is 1. The van der Waals surface area contributed by atoms with E-state index in [0.717, 1.165) is 35.2 Å². The van der Waals surface area contributed by atoms with Crippen LogP contribution in [0.5, 0.6) is 0 Å². The minimum Gasteiger partial charge on any atom is -0.496 e. The van der Waals surface area contributed by atoms with Gasteiger partial charge in [-0.1, -0.05) is 28.1 Å². The van der Waals surface area contributed by atoms with E-state index >= 15 is 0 Å². The minimum atomic E-state index is -0.0622. The van der Waals surface area contributed by atoms with E-state index in [1.165, 1.54) is 5.56 Å². The van der Waals surface area contributed by atoms with Crippen molar-refractivity contribution in [1.29, 1.82) is 0 Å². The van der Waals surface area contributed by atoms with Crippen molar-refractivity contribution in [3.63, 3.8) is 0 Å². The fourth-order valence-electron chi connectivity index (χ4n) is 2.04. The molecule has 1 aromatic rings. The molecule has 1 unspecified atom stereocenters. The Bertz CT molecular complexity index is 431. The topological polar surface area (TPSA) is 47.3 Å². The first-order chi connectivity index (χ1) is 8.24. The number of ether oxygens (including phenoxy) is 1. The number of nitrogens with one attached hydrogen (secondary N) is 1. The van der Waals surface area contributed by atoms with Crippen LogP contribution in [0.25, 0.3) is 0 Å². The number of rotatable bonds is 3. The van der Waals surface area contributed by atoms with Crippen molar-refractivity contribution in [2.75, 3.05) is 6.61 Å². The van der Waals surface area contributed by atoms with Crippen molar-refractivity contribution in [3.8, 4) is 0 Å². The summed E-state index contributed by atoms with van der Waals surface area (Å²) in [7, 11) is 0. The maximum Gasteiger partial charge on any atom is 0.115 e. The number of hydrogen-bond donors (Lipinski definition) is 2. The zero-order valence-corrected chi connectivity index (χ0v) is 11.5. The van der Waals surface area contributed by atoms with Gasteiger partial charge in [-0.15, -0.1) is 0 Å². The molecule has 0 radical (unpaired) electrons. The van der Waals surface area contributed by atoms with E-state index in [9.17, 15) is 0 Å². The van der Waals surface area contributed by atoms with Gasteiger partial charge in [-0.2, -0.15) is 0 Å². The van der Waals surface area contributed by atoms with E-state index in [2.05, 4.69) is 40.4 Å². The molecule has 0 spiro atoms. The summed E-state index contributed by atoms with van der Waals surface area (Å²) in [4.78, 5) is 0. The van der Waals surface area contributed by atoms with Crippen LogP contribution in [0.2, 0.25) is 0 Å².